The van der Waals surface area contributed by atoms with Gasteiger partial charge in [0.2, 0.25) is 11.7 Å². The van der Waals surface area contributed by atoms with Gasteiger partial charge in [-0.05, 0) is 54.8 Å². The zero-order chi connectivity index (χ0) is 20.6. The predicted octanol–water partition coefficient (Wildman–Crippen LogP) is 3.61. The molecule has 8 heteroatoms. The summed E-state index contributed by atoms with van der Waals surface area (Å²) in [6.07, 6.45) is 0.846. The molecular formula is C21H24ClN5O2. The number of guanidine groups is 1. The standard InChI is InChI=1S/C21H24ClN5O2/c1-14-4-5-15(12-18(14)28-3)10-11-24-21(23-2)25-13-19-26-20(27-29-19)16-6-8-17(22)9-7-16/h4-9,12H,10-11,13H2,1-3H3,(H2,23,24,25). The number of aryl methyl sites for hydroxylation is 1. The molecule has 1 aromatic heterocycles. The lowest BCUT2D eigenvalue weighted by atomic mass is 10.1. The van der Waals surface area contributed by atoms with E-state index in [-0.39, 0.29) is 0 Å². The Morgan fingerprint density at radius 3 is 2.69 bits per heavy atom. The highest BCUT2D eigenvalue weighted by atomic mass is 35.5. The van der Waals surface area contributed by atoms with Crippen LogP contribution in [0.5, 0.6) is 5.75 Å². The quantitative estimate of drug-likeness (QED) is 0.454. The van der Waals surface area contributed by atoms with Gasteiger partial charge in [-0.2, -0.15) is 4.98 Å². The van der Waals surface area contributed by atoms with Crippen LogP contribution in [0.25, 0.3) is 11.4 Å². The number of hydrogen-bond acceptors (Lipinski definition) is 5. The molecule has 152 valence electrons. The van der Waals surface area contributed by atoms with E-state index in [2.05, 4.69) is 44.0 Å². The monoisotopic (exact) mass is 413 g/mol. The van der Waals surface area contributed by atoms with Gasteiger partial charge in [-0.25, -0.2) is 0 Å². The van der Waals surface area contributed by atoms with Crippen LogP contribution < -0.4 is 15.4 Å². The van der Waals surface area contributed by atoms with Gasteiger partial charge in [-0.1, -0.05) is 28.9 Å². The van der Waals surface area contributed by atoms with E-state index in [0.29, 0.717) is 29.2 Å². The van der Waals surface area contributed by atoms with E-state index in [1.165, 1.54) is 5.56 Å². The Labute approximate surface area is 175 Å². The summed E-state index contributed by atoms with van der Waals surface area (Å²) in [5, 5.41) is 11.1. The number of ether oxygens (including phenoxy) is 1. The average Bonchev–Trinajstić information content (AvgIpc) is 3.21. The number of rotatable bonds is 7. The molecule has 0 atom stereocenters. The number of nitrogens with zero attached hydrogens (tertiary/aromatic N) is 3. The van der Waals surface area contributed by atoms with Crippen molar-refractivity contribution in [2.75, 3.05) is 20.7 Å². The van der Waals surface area contributed by atoms with Gasteiger partial charge in [0, 0.05) is 24.2 Å². The number of benzene rings is 2. The molecule has 3 rings (SSSR count). The van der Waals surface area contributed by atoms with Crippen LogP contribution in [0.1, 0.15) is 17.0 Å². The topological polar surface area (TPSA) is 84.6 Å². The molecule has 0 radical (unpaired) electrons. The number of aliphatic imine (C=N–C) groups is 1. The third kappa shape index (κ3) is 5.71. The van der Waals surface area contributed by atoms with Crippen LogP contribution >= 0.6 is 11.6 Å². The fourth-order valence-corrected chi connectivity index (χ4v) is 2.89. The van der Waals surface area contributed by atoms with Crippen molar-refractivity contribution in [1.82, 2.24) is 20.8 Å². The van der Waals surface area contributed by atoms with Crippen LogP contribution in [-0.2, 0) is 13.0 Å². The first kappa shape index (κ1) is 20.7. The van der Waals surface area contributed by atoms with Crippen molar-refractivity contribution in [2.24, 2.45) is 4.99 Å². The minimum atomic E-state index is 0.374. The molecule has 0 bridgehead atoms. The van der Waals surface area contributed by atoms with Crippen molar-refractivity contribution in [2.45, 2.75) is 19.9 Å². The van der Waals surface area contributed by atoms with Crippen LogP contribution in [-0.4, -0.2) is 36.8 Å². The van der Waals surface area contributed by atoms with Gasteiger partial charge >= 0.3 is 0 Å². The van der Waals surface area contributed by atoms with E-state index < -0.39 is 0 Å². The molecule has 0 amide bonds. The van der Waals surface area contributed by atoms with Crippen LogP contribution in [0.15, 0.2) is 52.0 Å². The molecule has 7 nitrogen and oxygen atoms in total. The van der Waals surface area contributed by atoms with Crippen molar-refractivity contribution in [3.8, 4) is 17.1 Å². The first-order valence-electron chi connectivity index (χ1n) is 9.25. The normalized spacial score (nSPS) is 11.4. The van der Waals surface area contributed by atoms with Gasteiger partial charge in [0.15, 0.2) is 5.96 Å². The highest BCUT2D eigenvalue weighted by molar-refractivity contribution is 6.30. The molecule has 0 saturated carbocycles. The number of methoxy groups -OCH3 is 1. The maximum Gasteiger partial charge on any atom is 0.246 e. The fraction of sp³-hybridized carbons (Fsp3) is 0.286. The van der Waals surface area contributed by atoms with Gasteiger partial charge in [0.25, 0.3) is 0 Å². The van der Waals surface area contributed by atoms with Gasteiger partial charge in [-0.3, -0.25) is 4.99 Å². The first-order valence-corrected chi connectivity index (χ1v) is 9.63. The lowest BCUT2D eigenvalue weighted by Gasteiger charge is -2.11. The second-order valence-electron chi connectivity index (χ2n) is 6.43. The Bertz CT molecular complexity index is 969. The van der Waals surface area contributed by atoms with E-state index in [4.69, 9.17) is 20.9 Å². The molecule has 0 saturated heterocycles. The van der Waals surface area contributed by atoms with Crippen LogP contribution in [0.3, 0.4) is 0 Å². The van der Waals surface area contributed by atoms with Gasteiger partial charge in [0.1, 0.15) is 5.75 Å². The molecule has 0 spiro atoms. The number of hydrogen-bond donors (Lipinski definition) is 2. The van der Waals surface area contributed by atoms with E-state index in [0.717, 1.165) is 29.8 Å². The summed E-state index contributed by atoms with van der Waals surface area (Å²) in [5.41, 5.74) is 3.17. The zero-order valence-electron chi connectivity index (χ0n) is 16.7. The van der Waals surface area contributed by atoms with Crippen molar-refractivity contribution in [1.29, 1.82) is 0 Å². The number of nitrogens with one attached hydrogen (secondary N) is 2. The summed E-state index contributed by atoms with van der Waals surface area (Å²) in [5.74, 6) is 2.56. The average molecular weight is 414 g/mol. The van der Waals surface area contributed by atoms with E-state index in [1.54, 1.807) is 26.3 Å². The van der Waals surface area contributed by atoms with Gasteiger partial charge in [0.05, 0.1) is 13.7 Å². The van der Waals surface area contributed by atoms with E-state index >= 15 is 0 Å². The molecule has 3 aromatic rings. The summed E-state index contributed by atoms with van der Waals surface area (Å²) in [6.45, 7) is 3.13. The summed E-state index contributed by atoms with van der Waals surface area (Å²) >= 11 is 5.91. The Hall–Kier alpha value is -3.06. The predicted molar refractivity (Wildman–Crippen MR) is 114 cm³/mol. The zero-order valence-corrected chi connectivity index (χ0v) is 17.5. The SMILES string of the molecule is CN=C(NCCc1ccc(C)c(OC)c1)NCc1nc(-c2ccc(Cl)cc2)no1. The maximum absolute atomic E-state index is 5.91. The maximum atomic E-state index is 5.91. The molecule has 0 aliphatic heterocycles. The lowest BCUT2D eigenvalue weighted by Crippen LogP contribution is -2.37. The highest BCUT2D eigenvalue weighted by Gasteiger charge is 2.09. The van der Waals surface area contributed by atoms with Crippen molar-refractivity contribution >= 4 is 17.6 Å². The van der Waals surface area contributed by atoms with Gasteiger partial charge < -0.3 is 19.9 Å². The van der Waals surface area contributed by atoms with Crippen LogP contribution in [0.4, 0.5) is 0 Å². The molecule has 29 heavy (non-hydrogen) atoms. The number of halogens is 1. The molecule has 2 N–H and O–H groups in total. The minimum Gasteiger partial charge on any atom is -0.496 e. The summed E-state index contributed by atoms with van der Waals surface area (Å²) in [6, 6.07) is 13.5. The molecule has 1 heterocycles. The Morgan fingerprint density at radius 1 is 1.17 bits per heavy atom. The summed E-state index contributed by atoms with van der Waals surface area (Å²) in [4.78, 5) is 8.61. The smallest absolute Gasteiger partial charge is 0.246 e. The second kappa shape index (κ2) is 9.93. The summed E-state index contributed by atoms with van der Waals surface area (Å²) < 4.78 is 10.7. The Kier molecular flexibility index (Phi) is 7.08. The van der Waals surface area contributed by atoms with E-state index in [9.17, 15) is 0 Å². The summed E-state index contributed by atoms with van der Waals surface area (Å²) in [7, 11) is 3.41. The van der Waals surface area contributed by atoms with Crippen LogP contribution in [0.2, 0.25) is 5.02 Å². The molecule has 2 aromatic carbocycles. The Morgan fingerprint density at radius 2 is 1.97 bits per heavy atom. The van der Waals surface area contributed by atoms with Crippen molar-refractivity contribution in [3.05, 3.63) is 64.5 Å². The number of aromatic nitrogens is 2. The largest absolute Gasteiger partial charge is 0.496 e. The molecule has 0 aliphatic rings. The van der Waals surface area contributed by atoms with E-state index in [1.807, 2.05) is 19.1 Å². The van der Waals surface area contributed by atoms with Crippen molar-refractivity contribution in [3.63, 3.8) is 0 Å². The minimum absolute atomic E-state index is 0.374. The third-order valence-corrected chi connectivity index (χ3v) is 4.63. The van der Waals surface area contributed by atoms with Crippen molar-refractivity contribution < 1.29 is 9.26 Å². The first-order chi connectivity index (χ1) is 14.1. The fourth-order valence-electron chi connectivity index (χ4n) is 2.77. The Balaban J connectivity index is 1.49. The molecule has 0 fully saturated rings. The molecule has 0 aliphatic carbocycles. The lowest BCUT2D eigenvalue weighted by molar-refractivity contribution is 0.375. The third-order valence-electron chi connectivity index (χ3n) is 4.38. The highest BCUT2D eigenvalue weighted by Crippen LogP contribution is 2.19. The molecular weight excluding hydrogens is 390 g/mol. The van der Waals surface area contributed by atoms with Gasteiger partial charge in [-0.15, -0.1) is 0 Å². The van der Waals surface area contributed by atoms with Crippen LogP contribution in [0, 0.1) is 6.92 Å². The molecule has 0 unspecified atom stereocenters. The second-order valence-corrected chi connectivity index (χ2v) is 6.86.